The lowest BCUT2D eigenvalue weighted by molar-refractivity contribution is 0.0600. The number of amides is 1. The van der Waals surface area contributed by atoms with Gasteiger partial charge < -0.3 is 10.1 Å². The van der Waals surface area contributed by atoms with Gasteiger partial charge in [0.2, 0.25) is 0 Å². The van der Waals surface area contributed by atoms with Crippen molar-refractivity contribution in [2.24, 2.45) is 5.92 Å². The minimum absolute atomic E-state index is 0.0954. The molecule has 0 saturated heterocycles. The molecule has 2 aromatic carbocycles. The summed E-state index contributed by atoms with van der Waals surface area (Å²) in [6.45, 7) is 2.17. The average molecular weight is 510 g/mol. The van der Waals surface area contributed by atoms with Crippen molar-refractivity contribution in [3.05, 3.63) is 75.7 Å². The molecule has 1 aromatic heterocycles. The number of benzene rings is 2. The summed E-state index contributed by atoms with van der Waals surface area (Å²) < 4.78 is 32.9. The van der Waals surface area contributed by atoms with Gasteiger partial charge in [0.15, 0.2) is 0 Å². The maximum atomic E-state index is 13.0. The predicted octanol–water partition coefficient (Wildman–Crippen LogP) is 4.58. The summed E-state index contributed by atoms with van der Waals surface area (Å²) in [6.07, 6.45) is 2.69. The first-order valence-corrected chi connectivity index (χ1v) is 13.2. The molecule has 1 amide bonds. The second-order valence-electron chi connectivity index (χ2n) is 8.32. The van der Waals surface area contributed by atoms with Gasteiger partial charge in [-0.2, -0.15) is 5.26 Å². The molecule has 180 valence electrons. The molecule has 1 unspecified atom stereocenters. The lowest BCUT2D eigenvalue weighted by atomic mass is 9.88. The highest BCUT2D eigenvalue weighted by molar-refractivity contribution is 7.92. The minimum Gasteiger partial charge on any atom is -0.465 e. The van der Waals surface area contributed by atoms with Gasteiger partial charge in [0.05, 0.1) is 23.1 Å². The zero-order chi connectivity index (χ0) is 25.2. The molecule has 10 heteroatoms. The largest absolute Gasteiger partial charge is 0.465 e. The summed E-state index contributed by atoms with van der Waals surface area (Å²) in [5, 5.41) is 13.0. The van der Waals surface area contributed by atoms with Gasteiger partial charge in [-0.25, -0.2) is 13.2 Å². The lowest BCUT2D eigenvalue weighted by Crippen LogP contribution is -2.16. The van der Waals surface area contributed by atoms with Gasteiger partial charge in [-0.3, -0.25) is 9.52 Å². The van der Waals surface area contributed by atoms with Crippen molar-refractivity contribution >= 4 is 43.9 Å². The second kappa shape index (κ2) is 9.90. The van der Waals surface area contributed by atoms with Crippen LogP contribution in [-0.4, -0.2) is 27.4 Å². The molecule has 8 nitrogen and oxygen atoms in total. The molecule has 35 heavy (non-hydrogen) atoms. The van der Waals surface area contributed by atoms with Crippen molar-refractivity contribution < 1.29 is 22.7 Å². The van der Waals surface area contributed by atoms with Gasteiger partial charge in [-0.15, -0.1) is 11.3 Å². The lowest BCUT2D eigenvalue weighted by Gasteiger charge is -2.17. The van der Waals surface area contributed by atoms with Crippen LogP contribution in [0.25, 0.3) is 0 Å². The van der Waals surface area contributed by atoms with Gasteiger partial charge in [0, 0.05) is 16.1 Å². The Labute approximate surface area is 207 Å². The first-order chi connectivity index (χ1) is 16.7. The highest BCUT2D eigenvalue weighted by Crippen LogP contribution is 2.39. The number of methoxy groups -OCH3 is 1. The summed E-state index contributed by atoms with van der Waals surface area (Å²) in [6, 6.07) is 13.7. The van der Waals surface area contributed by atoms with Crippen LogP contribution in [0.15, 0.2) is 53.4 Å². The van der Waals surface area contributed by atoms with E-state index in [0.29, 0.717) is 16.5 Å². The van der Waals surface area contributed by atoms with Gasteiger partial charge in [-0.1, -0.05) is 13.0 Å². The standard InChI is InChI=1S/C25H23N3O5S2/c1-15-6-11-20-21(14-26)24(34-22(20)12-15)27-23(29)17-4-3-5-19(13-17)35(31,32)28-18-9-7-16(8-10-18)25(30)33-2/h3-5,7-10,13,15,28H,6,11-12H2,1-2H3,(H,27,29). The molecule has 0 bridgehead atoms. The predicted molar refractivity (Wildman–Crippen MR) is 133 cm³/mol. The van der Waals surface area contributed by atoms with Crippen LogP contribution in [0.1, 0.15) is 50.1 Å². The van der Waals surface area contributed by atoms with Gasteiger partial charge in [0.1, 0.15) is 11.1 Å². The Morgan fingerprint density at radius 2 is 1.89 bits per heavy atom. The smallest absolute Gasteiger partial charge is 0.337 e. The number of carbonyl (C=O) groups is 2. The number of esters is 1. The Bertz CT molecular complexity index is 1440. The molecule has 1 aliphatic rings. The molecule has 0 radical (unpaired) electrons. The average Bonchev–Trinajstić information content (AvgIpc) is 3.19. The first kappa shape index (κ1) is 24.4. The molecular weight excluding hydrogens is 486 g/mol. The van der Waals surface area contributed by atoms with Gasteiger partial charge >= 0.3 is 5.97 Å². The number of nitrogens with one attached hydrogen (secondary N) is 2. The normalized spacial score (nSPS) is 14.9. The second-order valence-corrected chi connectivity index (χ2v) is 11.1. The molecule has 1 heterocycles. The van der Waals surface area contributed by atoms with Crippen molar-refractivity contribution in [3.8, 4) is 6.07 Å². The van der Waals surface area contributed by atoms with Crippen LogP contribution in [0.5, 0.6) is 0 Å². The number of nitrogens with zero attached hydrogens (tertiary/aromatic N) is 1. The molecule has 3 aromatic rings. The Morgan fingerprint density at radius 1 is 1.14 bits per heavy atom. The molecule has 1 atom stereocenters. The summed E-state index contributed by atoms with van der Waals surface area (Å²) in [4.78, 5) is 25.5. The van der Waals surface area contributed by atoms with Crippen molar-refractivity contribution in [1.29, 1.82) is 5.26 Å². The van der Waals surface area contributed by atoms with Gasteiger partial charge in [0.25, 0.3) is 15.9 Å². The van der Waals surface area contributed by atoms with Crippen molar-refractivity contribution in [3.63, 3.8) is 0 Å². The number of ether oxygens (including phenoxy) is 1. The first-order valence-electron chi connectivity index (χ1n) is 10.9. The molecule has 1 aliphatic carbocycles. The Balaban J connectivity index is 1.53. The van der Waals surface area contributed by atoms with E-state index >= 15 is 0 Å². The molecule has 0 aliphatic heterocycles. The third-order valence-corrected chi connectivity index (χ3v) is 8.36. The van der Waals surface area contributed by atoms with Gasteiger partial charge in [-0.05, 0) is 73.2 Å². The quantitative estimate of drug-likeness (QED) is 0.469. The number of fused-ring (bicyclic) bond motifs is 1. The Morgan fingerprint density at radius 3 is 2.57 bits per heavy atom. The van der Waals surface area contributed by atoms with E-state index in [1.165, 1.54) is 67.0 Å². The summed E-state index contributed by atoms with van der Waals surface area (Å²) in [5.74, 6) is -0.492. The molecule has 4 rings (SSSR count). The summed E-state index contributed by atoms with van der Waals surface area (Å²) in [5.41, 5.74) is 2.19. The van der Waals surface area contributed by atoms with Crippen LogP contribution >= 0.6 is 11.3 Å². The van der Waals surface area contributed by atoms with E-state index in [0.717, 1.165) is 29.7 Å². The number of hydrogen-bond acceptors (Lipinski definition) is 7. The van der Waals surface area contributed by atoms with Crippen LogP contribution < -0.4 is 10.0 Å². The minimum atomic E-state index is -4.00. The molecule has 0 fully saturated rings. The highest BCUT2D eigenvalue weighted by Gasteiger charge is 2.25. The van der Waals surface area contributed by atoms with Crippen molar-refractivity contribution in [2.75, 3.05) is 17.1 Å². The number of thiophene rings is 1. The topological polar surface area (TPSA) is 125 Å². The summed E-state index contributed by atoms with van der Waals surface area (Å²) >= 11 is 1.41. The molecule has 2 N–H and O–H groups in total. The fourth-order valence-corrected chi connectivity index (χ4v) is 6.40. The number of anilines is 2. The fraction of sp³-hybridized carbons (Fsp3) is 0.240. The fourth-order valence-electron chi connectivity index (χ4n) is 3.94. The van der Waals surface area contributed by atoms with Crippen LogP contribution in [0.4, 0.5) is 10.7 Å². The third-order valence-electron chi connectivity index (χ3n) is 5.82. The molecule has 0 saturated carbocycles. The number of nitriles is 1. The van der Waals surface area contributed by atoms with Crippen LogP contribution in [0.2, 0.25) is 0 Å². The molecule has 0 spiro atoms. The van der Waals surface area contributed by atoms with Crippen molar-refractivity contribution in [1.82, 2.24) is 0 Å². The highest BCUT2D eigenvalue weighted by atomic mass is 32.2. The van der Waals surface area contributed by atoms with Crippen LogP contribution in [0, 0.1) is 17.2 Å². The monoisotopic (exact) mass is 509 g/mol. The maximum Gasteiger partial charge on any atom is 0.337 e. The van der Waals surface area contributed by atoms with E-state index in [1.54, 1.807) is 0 Å². The Kier molecular flexibility index (Phi) is 6.91. The zero-order valence-electron chi connectivity index (χ0n) is 19.1. The number of sulfonamides is 1. The maximum absolute atomic E-state index is 13.0. The van der Waals surface area contributed by atoms with Crippen LogP contribution in [-0.2, 0) is 27.6 Å². The number of rotatable bonds is 6. The van der Waals surface area contributed by atoms with Crippen molar-refractivity contribution in [2.45, 2.75) is 31.1 Å². The number of carbonyl (C=O) groups excluding carboxylic acids is 2. The van der Waals surface area contributed by atoms with E-state index in [4.69, 9.17) is 0 Å². The van der Waals surface area contributed by atoms with Crippen LogP contribution in [0.3, 0.4) is 0 Å². The Hall–Kier alpha value is -3.68. The van der Waals surface area contributed by atoms with E-state index in [1.807, 2.05) is 0 Å². The SMILES string of the molecule is COC(=O)c1ccc(NS(=O)(=O)c2cccc(C(=O)Nc3sc4c(c3C#N)CCC(C)C4)c2)cc1. The summed E-state index contributed by atoms with van der Waals surface area (Å²) in [7, 11) is -2.74. The molecular formula is C25H23N3O5S2. The van der Waals surface area contributed by atoms with E-state index in [2.05, 4.69) is 27.8 Å². The third kappa shape index (κ3) is 5.21. The zero-order valence-corrected chi connectivity index (χ0v) is 20.8. The van der Waals surface area contributed by atoms with E-state index in [-0.39, 0.29) is 21.7 Å². The van der Waals surface area contributed by atoms with E-state index < -0.39 is 21.9 Å². The number of hydrogen-bond donors (Lipinski definition) is 2. The van der Waals surface area contributed by atoms with E-state index in [9.17, 15) is 23.3 Å².